The predicted octanol–water partition coefficient (Wildman–Crippen LogP) is 4.86. The Morgan fingerprint density at radius 1 is 0.870 bits per heavy atom. The molecule has 3 rings (SSSR count). The van der Waals surface area contributed by atoms with Crippen LogP contribution in [-0.2, 0) is 17.1 Å². The van der Waals surface area contributed by atoms with Crippen LogP contribution in [0.2, 0.25) is 0 Å². The molecule has 122 valence electrons. The van der Waals surface area contributed by atoms with Gasteiger partial charge in [0.2, 0.25) is 0 Å². The highest BCUT2D eigenvalue weighted by atomic mass is 19.4. The van der Waals surface area contributed by atoms with Crippen molar-refractivity contribution in [3.8, 4) is 11.3 Å². The highest BCUT2D eigenvalue weighted by Gasteiger charge is 2.41. The predicted molar refractivity (Wildman–Crippen MR) is 68.4 cm³/mol. The van der Waals surface area contributed by atoms with Crippen LogP contribution in [-0.4, -0.2) is 11.6 Å². The number of rotatable bonds is 2. The Hall–Kier alpha value is -2.09. The van der Waals surface area contributed by atoms with E-state index in [1.165, 1.54) is 12.1 Å². The van der Waals surface area contributed by atoms with Crippen molar-refractivity contribution in [2.75, 3.05) is 6.61 Å². The van der Waals surface area contributed by atoms with E-state index in [1.807, 2.05) is 0 Å². The summed E-state index contributed by atoms with van der Waals surface area (Å²) in [4.78, 5) is 3.58. The molecule has 0 radical (unpaired) electrons. The molecular formula is C15H9F6NO. The van der Waals surface area contributed by atoms with Crippen LogP contribution in [0.25, 0.3) is 11.3 Å². The molecule has 0 N–H and O–H groups in total. The smallest absolute Gasteiger partial charge is 0.368 e. The summed E-state index contributed by atoms with van der Waals surface area (Å²) in [7, 11) is 0. The summed E-state index contributed by atoms with van der Waals surface area (Å²) in [5, 5.41) is 0. The lowest BCUT2D eigenvalue weighted by Gasteiger charge is -2.13. The first-order valence-corrected chi connectivity index (χ1v) is 6.53. The minimum absolute atomic E-state index is 0.0459. The van der Waals surface area contributed by atoms with Crippen LogP contribution in [0.15, 0.2) is 36.4 Å². The van der Waals surface area contributed by atoms with E-state index < -0.39 is 29.7 Å². The van der Waals surface area contributed by atoms with E-state index in [2.05, 4.69) is 4.98 Å². The van der Waals surface area contributed by atoms with Crippen LogP contribution < -0.4 is 0 Å². The normalized spacial score (nSPS) is 18.1. The molecule has 1 aliphatic rings. The summed E-state index contributed by atoms with van der Waals surface area (Å²) in [6.07, 6.45) is -9.79. The van der Waals surface area contributed by atoms with Crippen LogP contribution in [0.3, 0.4) is 0 Å². The van der Waals surface area contributed by atoms with Gasteiger partial charge in [-0.05, 0) is 18.2 Å². The fourth-order valence-corrected chi connectivity index (χ4v) is 2.18. The molecule has 2 aromatic rings. The molecule has 1 aromatic heterocycles. The number of alkyl halides is 6. The monoisotopic (exact) mass is 333 g/mol. The lowest BCUT2D eigenvalue weighted by molar-refractivity contribution is -0.142. The molecule has 0 amide bonds. The van der Waals surface area contributed by atoms with Gasteiger partial charge < -0.3 is 4.74 Å². The summed E-state index contributed by atoms with van der Waals surface area (Å²) in [5.41, 5.74) is -1.88. The van der Waals surface area contributed by atoms with Crippen molar-refractivity contribution < 1.29 is 31.1 Å². The van der Waals surface area contributed by atoms with Gasteiger partial charge in [0.1, 0.15) is 6.10 Å². The van der Waals surface area contributed by atoms with E-state index in [1.54, 1.807) is 0 Å². The Kier molecular flexibility index (Phi) is 3.59. The van der Waals surface area contributed by atoms with Crippen LogP contribution >= 0.6 is 0 Å². The third kappa shape index (κ3) is 3.31. The highest BCUT2D eigenvalue weighted by Crippen LogP contribution is 2.40. The zero-order chi connectivity index (χ0) is 16.8. The van der Waals surface area contributed by atoms with Gasteiger partial charge in [0.05, 0.1) is 17.9 Å². The summed E-state index contributed by atoms with van der Waals surface area (Å²) in [6, 6.07) is 6.40. The van der Waals surface area contributed by atoms with Gasteiger partial charge in [-0.1, -0.05) is 18.2 Å². The first kappa shape index (κ1) is 15.8. The molecule has 0 spiro atoms. The molecule has 1 saturated heterocycles. The van der Waals surface area contributed by atoms with Gasteiger partial charge in [0.15, 0.2) is 5.69 Å². The lowest BCUT2D eigenvalue weighted by Crippen LogP contribution is -2.12. The average molecular weight is 333 g/mol. The number of hydrogen-bond acceptors (Lipinski definition) is 2. The summed E-state index contributed by atoms with van der Waals surface area (Å²) >= 11 is 0. The molecule has 0 saturated carbocycles. The quantitative estimate of drug-likeness (QED) is 0.579. The van der Waals surface area contributed by atoms with Gasteiger partial charge in [0.25, 0.3) is 0 Å². The molecule has 0 bridgehead atoms. The van der Waals surface area contributed by atoms with Crippen molar-refractivity contribution in [3.05, 3.63) is 53.2 Å². The Bertz CT molecular complexity index is 716. The van der Waals surface area contributed by atoms with Crippen molar-refractivity contribution in [1.82, 2.24) is 4.98 Å². The Morgan fingerprint density at radius 3 is 1.96 bits per heavy atom. The SMILES string of the molecule is FC(F)(F)c1ccc(-c2ccc([C@@H]3CO3)c(C(F)(F)F)n2)cc1. The number of epoxide rings is 1. The van der Waals surface area contributed by atoms with Crippen molar-refractivity contribution in [1.29, 1.82) is 0 Å². The van der Waals surface area contributed by atoms with Gasteiger partial charge in [-0.15, -0.1) is 0 Å². The largest absolute Gasteiger partial charge is 0.433 e. The van der Waals surface area contributed by atoms with Crippen molar-refractivity contribution in [3.63, 3.8) is 0 Å². The summed E-state index contributed by atoms with van der Waals surface area (Å²) < 4.78 is 81.7. The average Bonchev–Trinajstić information content (AvgIpc) is 3.29. The number of nitrogens with zero attached hydrogens (tertiary/aromatic N) is 1. The number of benzene rings is 1. The second-order valence-corrected chi connectivity index (χ2v) is 5.03. The van der Waals surface area contributed by atoms with E-state index in [4.69, 9.17) is 4.74 Å². The van der Waals surface area contributed by atoms with Crippen LogP contribution in [0, 0.1) is 0 Å². The van der Waals surface area contributed by atoms with Gasteiger partial charge in [-0.2, -0.15) is 26.3 Å². The maximum atomic E-state index is 13.1. The Labute approximate surface area is 126 Å². The first-order valence-electron chi connectivity index (χ1n) is 6.53. The number of aromatic nitrogens is 1. The number of pyridine rings is 1. The van der Waals surface area contributed by atoms with E-state index in [-0.39, 0.29) is 23.4 Å². The molecule has 1 aliphatic heterocycles. The molecular weight excluding hydrogens is 324 g/mol. The Morgan fingerprint density at radius 2 is 1.48 bits per heavy atom. The van der Waals surface area contributed by atoms with Gasteiger partial charge in [0, 0.05) is 11.1 Å². The molecule has 0 unspecified atom stereocenters. The van der Waals surface area contributed by atoms with Gasteiger partial charge >= 0.3 is 12.4 Å². The van der Waals surface area contributed by atoms with Crippen LogP contribution in [0.4, 0.5) is 26.3 Å². The molecule has 2 nitrogen and oxygen atoms in total. The van der Waals surface area contributed by atoms with Crippen LogP contribution in [0.5, 0.6) is 0 Å². The second kappa shape index (κ2) is 5.23. The molecule has 8 heteroatoms. The second-order valence-electron chi connectivity index (χ2n) is 5.03. The first-order chi connectivity index (χ1) is 10.7. The van der Waals surface area contributed by atoms with E-state index in [0.717, 1.165) is 24.3 Å². The van der Waals surface area contributed by atoms with E-state index in [9.17, 15) is 26.3 Å². The standard InChI is InChI=1S/C15H9F6NO/c16-14(17,18)9-3-1-8(2-4-9)11-6-5-10(12-7-23-12)13(22-11)15(19,20)21/h1-6,12H,7H2/t12-/m0/s1. The fourth-order valence-electron chi connectivity index (χ4n) is 2.18. The highest BCUT2D eigenvalue weighted by molar-refractivity contribution is 5.60. The number of hydrogen-bond donors (Lipinski definition) is 0. The van der Waals surface area contributed by atoms with Crippen LogP contribution in [0.1, 0.15) is 22.9 Å². The van der Waals surface area contributed by atoms with E-state index >= 15 is 0 Å². The molecule has 1 fully saturated rings. The van der Waals surface area contributed by atoms with Crippen molar-refractivity contribution >= 4 is 0 Å². The maximum absolute atomic E-state index is 13.1. The molecule has 1 atom stereocenters. The fraction of sp³-hybridized carbons (Fsp3) is 0.267. The van der Waals surface area contributed by atoms with Gasteiger partial charge in [-0.25, -0.2) is 4.98 Å². The lowest BCUT2D eigenvalue weighted by atomic mass is 10.0. The molecule has 23 heavy (non-hydrogen) atoms. The minimum atomic E-state index is -4.66. The molecule has 2 heterocycles. The third-order valence-corrected chi connectivity index (χ3v) is 3.38. The summed E-state index contributed by atoms with van der Waals surface area (Å²) in [6.45, 7) is 0.199. The maximum Gasteiger partial charge on any atom is 0.433 e. The van der Waals surface area contributed by atoms with E-state index in [0.29, 0.717) is 0 Å². The number of halogens is 6. The topological polar surface area (TPSA) is 25.4 Å². The third-order valence-electron chi connectivity index (χ3n) is 3.38. The Balaban J connectivity index is 2.00. The van der Waals surface area contributed by atoms with Crippen molar-refractivity contribution in [2.24, 2.45) is 0 Å². The zero-order valence-corrected chi connectivity index (χ0v) is 11.4. The number of ether oxygens (including phenoxy) is 1. The molecule has 0 aliphatic carbocycles. The summed E-state index contributed by atoms with van der Waals surface area (Å²) in [5.74, 6) is 0. The van der Waals surface area contributed by atoms with Crippen molar-refractivity contribution in [2.45, 2.75) is 18.5 Å². The molecule has 1 aromatic carbocycles. The van der Waals surface area contributed by atoms with Gasteiger partial charge in [-0.3, -0.25) is 0 Å². The minimum Gasteiger partial charge on any atom is -0.368 e. The zero-order valence-electron chi connectivity index (χ0n) is 11.4.